The van der Waals surface area contributed by atoms with Crippen LogP contribution in [-0.2, 0) is 11.3 Å². The van der Waals surface area contributed by atoms with Gasteiger partial charge in [0.1, 0.15) is 0 Å². The van der Waals surface area contributed by atoms with Crippen LogP contribution in [0.25, 0.3) is 11.1 Å². The van der Waals surface area contributed by atoms with Gasteiger partial charge in [-0.25, -0.2) is 4.79 Å². The van der Waals surface area contributed by atoms with E-state index in [0.29, 0.717) is 18.7 Å². The molecule has 0 saturated heterocycles. The third-order valence-electron chi connectivity index (χ3n) is 3.16. The fourth-order valence-corrected chi connectivity index (χ4v) is 2.01. The Bertz CT molecular complexity index is 637. The number of nitrogens with one attached hydrogen (secondary N) is 1. The second-order valence-corrected chi connectivity index (χ2v) is 4.55. The van der Waals surface area contributed by atoms with Crippen LogP contribution in [0.4, 0.5) is 0 Å². The van der Waals surface area contributed by atoms with Gasteiger partial charge in [0, 0.05) is 19.0 Å². The summed E-state index contributed by atoms with van der Waals surface area (Å²) in [6, 6.07) is 7.28. The first-order chi connectivity index (χ1) is 8.75. The lowest BCUT2D eigenvalue weighted by molar-refractivity contribution is -0.122. The lowest BCUT2D eigenvalue weighted by Crippen LogP contribution is -2.30. The molecule has 1 amide bonds. The van der Waals surface area contributed by atoms with E-state index in [1.54, 1.807) is 10.6 Å². The van der Waals surface area contributed by atoms with Crippen LogP contribution in [0.5, 0.6) is 0 Å². The lowest BCUT2D eigenvalue weighted by atomic mass is 10.3. The van der Waals surface area contributed by atoms with Gasteiger partial charge in [-0.15, -0.1) is 0 Å². The van der Waals surface area contributed by atoms with E-state index >= 15 is 0 Å². The number of carbonyl (C=O) groups excluding carboxylic acids is 1. The van der Waals surface area contributed by atoms with E-state index in [9.17, 15) is 9.59 Å². The number of aromatic nitrogens is 1. The smallest absolute Gasteiger partial charge is 0.408 e. The first-order valence-corrected chi connectivity index (χ1v) is 6.12. The fourth-order valence-electron chi connectivity index (χ4n) is 2.01. The van der Waals surface area contributed by atoms with E-state index in [4.69, 9.17) is 4.42 Å². The molecule has 0 unspecified atom stereocenters. The molecule has 2 aromatic rings. The number of benzene rings is 1. The fraction of sp³-hybridized carbons (Fsp3) is 0.385. The van der Waals surface area contributed by atoms with E-state index in [1.165, 1.54) is 0 Å². The largest absolute Gasteiger partial charge is 0.420 e. The van der Waals surface area contributed by atoms with E-state index in [-0.39, 0.29) is 17.6 Å². The summed E-state index contributed by atoms with van der Waals surface area (Å²) in [5.41, 5.74) is 1.35. The van der Waals surface area contributed by atoms with Crippen molar-refractivity contribution in [3.63, 3.8) is 0 Å². The second kappa shape index (κ2) is 4.33. The first-order valence-electron chi connectivity index (χ1n) is 6.12. The molecule has 1 N–H and O–H groups in total. The first kappa shape index (κ1) is 11.1. The SMILES string of the molecule is O=C(NCCn1c(=O)oc2ccccc21)C1CC1. The van der Waals surface area contributed by atoms with Crippen molar-refractivity contribution in [2.75, 3.05) is 6.54 Å². The average Bonchev–Trinajstić information content (AvgIpc) is 3.15. The van der Waals surface area contributed by atoms with Crippen molar-refractivity contribution >= 4 is 17.0 Å². The highest BCUT2D eigenvalue weighted by Crippen LogP contribution is 2.28. The molecule has 1 saturated carbocycles. The molecule has 3 rings (SSSR count). The maximum Gasteiger partial charge on any atom is 0.420 e. The average molecular weight is 246 g/mol. The zero-order chi connectivity index (χ0) is 12.5. The van der Waals surface area contributed by atoms with E-state index < -0.39 is 0 Å². The third-order valence-corrected chi connectivity index (χ3v) is 3.16. The summed E-state index contributed by atoms with van der Waals surface area (Å²) in [7, 11) is 0. The van der Waals surface area contributed by atoms with Gasteiger partial charge in [0.15, 0.2) is 5.58 Å². The minimum atomic E-state index is -0.378. The van der Waals surface area contributed by atoms with Crippen molar-refractivity contribution in [3.05, 3.63) is 34.8 Å². The summed E-state index contributed by atoms with van der Waals surface area (Å²) in [4.78, 5) is 23.1. The highest BCUT2D eigenvalue weighted by atomic mass is 16.4. The molecule has 18 heavy (non-hydrogen) atoms. The number of carbonyl (C=O) groups is 1. The van der Waals surface area contributed by atoms with Gasteiger partial charge in [0.2, 0.25) is 5.91 Å². The third kappa shape index (κ3) is 2.03. The summed E-state index contributed by atoms with van der Waals surface area (Å²) < 4.78 is 6.66. The molecule has 0 bridgehead atoms. The predicted octanol–water partition coefficient (Wildman–Crippen LogP) is 1.12. The van der Waals surface area contributed by atoms with Crippen LogP contribution in [0.3, 0.4) is 0 Å². The highest BCUT2D eigenvalue weighted by Gasteiger charge is 2.29. The number of hydrogen-bond donors (Lipinski definition) is 1. The molecule has 1 heterocycles. The van der Waals surface area contributed by atoms with Crippen molar-refractivity contribution in [1.29, 1.82) is 0 Å². The number of oxazole rings is 1. The van der Waals surface area contributed by atoms with Crippen LogP contribution >= 0.6 is 0 Å². The van der Waals surface area contributed by atoms with Gasteiger partial charge in [0.25, 0.3) is 0 Å². The Labute approximate surface area is 103 Å². The van der Waals surface area contributed by atoms with Crippen LogP contribution < -0.4 is 11.1 Å². The number of hydrogen-bond acceptors (Lipinski definition) is 3. The van der Waals surface area contributed by atoms with E-state index in [2.05, 4.69) is 5.32 Å². The van der Waals surface area contributed by atoms with Crippen LogP contribution in [0.15, 0.2) is 33.5 Å². The normalized spacial score (nSPS) is 14.9. The summed E-state index contributed by atoms with van der Waals surface area (Å²) in [6.07, 6.45) is 1.97. The van der Waals surface area contributed by atoms with Crippen molar-refractivity contribution < 1.29 is 9.21 Å². The van der Waals surface area contributed by atoms with Gasteiger partial charge in [-0.2, -0.15) is 0 Å². The highest BCUT2D eigenvalue weighted by molar-refractivity contribution is 5.80. The van der Waals surface area contributed by atoms with Gasteiger partial charge in [-0.1, -0.05) is 12.1 Å². The Morgan fingerprint density at radius 2 is 2.17 bits per heavy atom. The van der Waals surface area contributed by atoms with E-state index in [1.807, 2.05) is 18.2 Å². The molecule has 0 spiro atoms. The number of amides is 1. The summed E-state index contributed by atoms with van der Waals surface area (Å²) >= 11 is 0. The zero-order valence-corrected chi connectivity index (χ0v) is 9.89. The second-order valence-electron chi connectivity index (χ2n) is 4.55. The Morgan fingerprint density at radius 3 is 2.94 bits per heavy atom. The predicted molar refractivity (Wildman–Crippen MR) is 66.2 cm³/mol. The molecule has 1 aromatic carbocycles. The monoisotopic (exact) mass is 246 g/mol. The molecule has 5 heteroatoms. The van der Waals surface area contributed by atoms with Crippen LogP contribution in [0, 0.1) is 5.92 Å². The molecule has 1 aromatic heterocycles. The Morgan fingerprint density at radius 1 is 1.39 bits per heavy atom. The van der Waals surface area contributed by atoms with Crippen LogP contribution in [0.1, 0.15) is 12.8 Å². The number of para-hydroxylation sites is 2. The Balaban J connectivity index is 1.72. The molecule has 1 fully saturated rings. The van der Waals surface area contributed by atoms with Crippen molar-refractivity contribution in [3.8, 4) is 0 Å². The Kier molecular flexibility index (Phi) is 2.66. The molecule has 0 atom stereocenters. The van der Waals surface area contributed by atoms with Crippen molar-refractivity contribution in [2.24, 2.45) is 5.92 Å². The van der Waals surface area contributed by atoms with Gasteiger partial charge >= 0.3 is 5.76 Å². The molecule has 1 aliphatic rings. The summed E-state index contributed by atoms with van der Waals surface area (Å²) in [6.45, 7) is 0.896. The molecule has 5 nitrogen and oxygen atoms in total. The standard InChI is InChI=1S/C13H14N2O3/c16-12(9-5-6-9)14-7-8-15-10-3-1-2-4-11(10)18-13(15)17/h1-4,9H,5-8H2,(H,14,16). The molecular formula is C13H14N2O3. The van der Waals surface area contributed by atoms with Crippen LogP contribution in [-0.4, -0.2) is 17.0 Å². The molecule has 0 aliphatic heterocycles. The van der Waals surface area contributed by atoms with Crippen LogP contribution in [0.2, 0.25) is 0 Å². The maximum absolute atomic E-state index is 11.6. The topological polar surface area (TPSA) is 64.2 Å². The minimum Gasteiger partial charge on any atom is -0.408 e. The van der Waals surface area contributed by atoms with Gasteiger partial charge in [-0.05, 0) is 25.0 Å². The van der Waals surface area contributed by atoms with Gasteiger partial charge in [0.05, 0.1) is 5.52 Å². The van der Waals surface area contributed by atoms with E-state index in [0.717, 1.165) is 18.4 Å². The number of fused-ring (bicyclic) bond motifs is 1. The number of rotatable bonds is 4. The van der Waals surface area contributed by atoms with Crippen molar-refractivity contribution in [1.82, 2.24) is 9.88 Å². The minimum absolute atomic E-state index is 0.0934. The Hall–Kier alpha value is -2.04. The molecule has 94 valence electrons. The molecule has 0 radical (unpaired) electrons. The summed E-state index contributed by atoms with van der Waals surface area (Å²) in [5.74, 6) is -0.0875. The lowest BCUT2D eigenvalue weighted by Gasteiger charge is -2.04. The molecule has 1 aliphatic carbocycles. The van der Waals surface area contributed by atoms with Crippen molar-refractivity contribution in [2.45, 2.75) is 19.4 Å². The summed E-state index contributed by atoms with van der Waals surface area (Å²) in [5, 5.41) is 2.83. The van der Waals surface area contributed by atoms with Gasteiger partial charge in [-0.3, -0.25) is 9.36 Å². The quantitative estimate of drug-likeness (QED) is 0.879. The van der Waals surface area contributed by atoms with Gasteiger partial charge < -0.3 is 9.73 Å². The maximum atomic E-state index is 11.6. The number of nitrogens with zero attached hydrogens (tertiary/aromatic N) is 1. The zero-order valence-electron chi connectivity index (χ0n) is 9.89. The molecular weight excluding hydrogens is 232 g/mol.